The summed E-state index contributed by atoms with van der Waals surface area (Å²) in [7, 11) is 0. The number of alkyl halides is 3. The Morgan fingerprint density at radius 1 is 1.00 bits per heavy atom. The summed E-state index contributed by atoms with van der Waals surface area (Å²) in [6.45, 7) is 5.95. The maximum Gasteiger partial charge on any atom is 0.573 e. The summed E-state index contributed by atoms with van der Waals surface area (Å²) in [6, 6.07) is 13.9. The lowest BCUT2D eigenvalue weighted by atomic mass is 9.96. The first-order valence-electron chi connectivity index (χ1n) is 8.99. The van der Waals surface area contributed by atoms with Crippen LogP contribution < -0.4 is 14.8 Å². The predicted octanol–water partition coefficient (Wildman–Crippen LogP) is 3.98. The molecule has 2 aromatic rings. The Morgan fingerprint density at radius 2 is 1.70 bits per heavy atom. The van der Waals surface area contributed by atoms with Crippen LogP contribution in [0.4, 0.5) is 13.2 Å². The standard InChI is InChI=1S/C20H23F3N2O2/c1-2-26-18-5-3-4-16(14-18)19(25-12-10-24-11-13-25)15-6-8-17(9-7-15)27-20(21,22)23/h3-9,14,19,24H,2,10-13H2,1H3/t19-/m1/s1. The molecule has 1 aliphatic heterocycles. The molecule has 4 nitrogen and oxygen atoms in total. The summed E-state index contributed by atoms with van der Waals surface area (Å²) in [5.41, 5.74) is 1.97. The zero-order chi connectivity index (χ0) is 19.3. The number of nitrogens with one attached hydrogen (secondary N) is 1. The summed E-state index contributed by atoms with van der Waals surface area (Å²) in [4.78, 5) is 2.32. The van der Waals surface area contributed by atoms with E-state index in [0.717, 1.165) is 43.1 Å². The van der Waals surface area contributed by atoms with Crippen LogP contribution in [0.2, 0.25) is 0 Å². The van der Waals surface area contributed by atoms with Gasteiger partial charge in [0.1, 0.15) is 11.5 Å². The molecule has 0 aliphatic carbocycles. The van der Waals surface area contributed by atoms with Crippen LogP contribution in [0.1, 0.15) is 24.1 Å². The Hall–Kier alpha value is -2.25. The summed E-state index contributed by atoms with van der Waals surface area (Å²) < 4.78 is 46.9. The van der Waals surface area contributed by atoms with Crippen molar-refractivity contribution >= 4 is 0 Å². The van der Waals surface area contributed by atoms with Gasteiger partial charge in [-0.3, -0.25) is 4.90 Å². The van der Waals surface area contributed by atoms with Gasteiger partial charge >= 0.3 is 6.36 Å². The monoisotopic (exact) mass is 380 g/mol. The van der Waals surface area contributed by atoms with Gasteiger partial charge in [-0.25, -0.2) is 0 Å². The van der Waals surface area contributed by atoms with E-state index in [9.17, 15) is 13.2 Å². The number of hydrogen-bond donors (Lipinski definition) is 1. The fraction of sp³-hybridized carbons (Fsp3) is 0.400. The topological polar surface area (TPSA) is 33.7 Å². The smallest absolute Gasteiger partial charge is 0.494 e. The molecule has 0 spiro atoms. The summed E-state index contributed by atoms with van der Waals surface area (Å²) in [5, 5.41) is 3.33. The highest BCUT2D eigenvalue weighted by molar-refractivity contribution is 5.39. The number of nitrogens with zero attached hydrogens (tertiary/aromatic N) is 1. The molecular weight excluding hydrogens is 357 g/mol. The first kappa shape index (κ1) is 19.5. The van der Waals surface area contributed by atoms with Gasteiger partial charge in [0.2, 0.25) is 0 Å². The minimum absolute atomic E-state index is 0.0626. The Bertz CT molecular complexity index is 729. The van der Waals surface area contributed by atoms with Crippen LogP contribution in [0, 0.1) is 0 Å². The Labute approximate surface area is 156 Å². The van der Waals surface area contributed by atoms with Gasteiger partial charge in [0.25, 0.3) is 0 Å². The van der Waals surface area contributed by atoms with Gasteiger partial charge in [-0.1, -0.05) is 24.3 Å². The number of ether oxygens (including phenoxy) is 2. The zero-order valence-corrected chi connectivity index (χ0v) is 15.1. The maximum absolute atomic E-state index is 12.4. The molecule has 1 heterocycles. The van der Waals surface area contributed by atoms with E-state index in [2.05, 4.69) is 15.0 Å². The van der Waals surface area contributed by atoms with Crippen LogP contribution in [0.15, 0.2) is 48.5 Å². The third kappa shape index (κ3) is 5.37. The second-order valence-corrected chi connectivity index (χ2v) is 6.31. The molecule has 1 fully saturated rings. The lowest BCUT2D eigenvalue weighted by molar-refractivity contribution is -0.274. The number of piperazine rings is 1. The molecule has 1 N–H and O–H groups in total. The lowest BCUT2D eigenvalue weighted by Gasteiger charge is -2.35. The summed E-state index contributed by atoms with van der Waals surface area (Å²) in [6.07, 6.45) is -4.69. The minimum Gasteiger partial charge on any atom is -0.494 e. The fourth-order valence-electron chi connectivity index (χ4n) is 3.35. The molecule has 1 atom stereocenters. The number of rotatable bonds is 6. The minimum atomic E-state index is -4.69. The van der Waals surface area contributed by atoms with Crippen LogP contribution in [0.25, 0.3) is 0 Å². The van der Waals surface area contributed by atoms with Gasteiger partial charge in [-0.2, -0.15) is 0 Å². The highest BCUT2D eigenvalue weighted by Gasteiger charge is 2.31. The Kier molecular flexibility index (Phi) is 6.23. The maximum atomic E-state index is 12.4. The molecule has 0 amide bonds. The van der Waals surface area contributed by atoms with Gasteiger partial charge in [0.15, 0.2) is 0 Å². The van der Waals surface area contributed by atoms with E-state index in [-0.39, 0.29) is 11.8 Å². The van der Waals surface area contributed by atoms with Crippen molar-refractivity contribution in [1.82, 2.24) is 10.2 Å². The largest absolute Gasteiger partial charge is 0.573 e. The van der Waals surface area contributed by atoms with Crippen LogP contribution in [0.5, 0.6) is 11.5 Å². The normalized spacial score (nSPS) is 16.7. The molecule has 2 aromatic carbocycles. The van der Waals surface area contributed by atoms with Crippen molar-refractivity contribution < 1.29 is 22.6 Å². The van der Waals surface area contributed by atoms with Gasteiger partial charge in [0.05, 0.1) is 12.6 Å². The molecule has 0 aromatic heterocycles. The van der Waals surface area contributed by atoms with E-state index in [1.165, 1.54) is 12.1 Å². The second-order valence-electron chi connectivity index (χ2n) is 6.31. The van der Waals surface area contributed by atoms with Crippen molar-refractivity contribution in [3.63, 3.8) is 0 Å². The van der Waals surface area contributed by atoms with Crippen molar-refractivity contribution in [2.24, 2.45) is 0 Å². The molecule has 1 saturated heterocycles. The predicted molar refractivity (Wildman–Crippen MR) is 97.0 cm³/mol. The number of hydrogen-bond acceptors (Lipinski definition) is 4. The van der Waals surface area contributed by atoms with Gasteiger partial charge in [-0.05, 0) is 42.3 Å². The molecular formula is C20H23F3N2O2. The first-order valence-corrected chi connectivity index (χ1v) is 8.99. The van der Waals surface area contributed by atoms with Crippen LogP contribution in [0.3, 0.4) is 0 Å². The van der Waals surface area contributed by atoms with Gasteiger partial charge in [0, 0.05) is 26.2 Å². The summed E-state index contributed by atoms with van der Waals surface area (Å²) in [5.74, 6) is 0.570. The van der Waals surface area contributed by atoms with Crippen molar-refractivity contribution in [3.8, 4) is 11.5 Å². The number of benzene rings is 2. The Morgan fingerprint density at radius 3 is 2.33 bits per heavy atom. The number of halogens is 3. The van der Waals surface area contributed by atoms with Crippen molar-refractivity contribution in [3.05, 3.63) is 59.7 Å². The second kappa shape index (κ2) is 8.63. The molecule has 7 heteroatoms. The average Bonchev–Trinajstić information content (AvgIpc) is 2.64. The highest BCUT2D eigenvalue weighted by atomic mass is 19.4. The zero-order valence-electron chi connectivity index (χ0n) is 15.1. The van der Waals surface area contributed by atoms with Crippen LogP contribution >= 0.6 is 0 Å². The third-order valence-corrected chi connectivity index (χ3v) is 4.43. The third-order valence-electron chi connectivity index (χ3n) is 4.43. The quantitative estimate of drug-likeness (QED) is 0.822. The van der Waals surface area contributed by atoms with Gasteiger partial charge < -0.3 is 14.8 Å². The molecule has 1 aliphatic rings. The first-order chi connectivity index (χ1) is 13.0. The van der Waals surface area contributed by atoms with E-state index in [4.69, 9.17) is 4.74 Å². The molecule has 0 radical (unpaired) electrons. The average molecular weight is 380 g/mol. The van der Waals surface area contributed by atoms with E-state index < -0.39 is 6.36 Å². The van der Waals surface area contributed by atoms with Crippen molar-refractivity contribution in [2.45, 2.75) is 19.3 Å². The fourth-order valence-corrected chi connectivity index (χ4v) is 3.35. The van der Waals surface area contributed by atoms with Crippen molar-refractivity contribution in [2.75, 3.05) is 32.8 Å². The molecule has 0 bridgehead atoms. The van der Waals surface area contributed by atoms with E-state index in [0.29, 0.717) is 6.61 Å². The Balaban J connectivity index is 1.91. The molecule has 0 unspecified atom stereocenters. The molecule has 0 saturated carbocycles. The summed E-state index contributed by atoms with van der Waals surface area (Å²) >= 11 is 0. The van der Waals surface area contributed by atoms with Crippen molar-refractivity contribution in [1.29, 1.82) is 0 Å². The SMILES string of the molecule is CCOc1cccc([C@@H](c2ccc(OC(F)(F)F)cc2)N2CCNCC2)c1. The highest BCUT2D eigenvalue weighted by Crippen LogP contribution is 2.33. The van der Waals surface area contributed by atoms with E-state index in [1.54, 1.807) is 12.1 Å². The van der Waals surface area contributed by atoms with Crippen LogP contribution in [-0.4, -0.2) is 44.0 Å². The molecule has 27 heavy (non-hydrogen) atoms. The molecule has 146 valence electrons. The van der Waals surface area contributed by atoms with E-state index in [1.807, 2.05) is 31.2 Å². The van der Waals surface area contributed by atoms with E-state index >= 15 is 0 Å². The van der Waals surface area contributed by atoms with Gasteiger partial charge in [-0.15, -0.1) is 13.2 Å². The lowest BCUT2D eigenvalue weighted by Crippen LogP contribution is -2.45. The molecule has 3 rings (SSSR count). The van der Waals surface area contributed by atoms with Crippen LogP contribution in [-0.2, 0) is 0 Å².